The number of morpholine rings is 1. The smallest absolute Gasteiger partial charge is 0.278 e. The van der Waals surface area contributed by atoms with Crippen molar-refractivity contribution in [2.24, 2.45) is 5.16 Å². The van der Waals surface area contributed by atoms with Crippen LogP contribution >= 0.6 is 0 Å². The number of hydrogen-bond donors (Lipinski definition) is 2. The topological polar surface area (TPSA) is 102 Å². The van der Waals surface area contributed by atoms with Crippen LogP contribution in [0.5, 0.6) is 17.2 Å². The summed E-state index contributed by atoms with van der Waals surface area (Å²) in [7, 11) is 3.06. The average molecular weight is 536 g/mol. The maximum absolute atomic E-state index is 13.5. The van der Waals surface area contributed by atoms with Gasteiger partial charge in [0.05, 0.1) is 33.1 Å². The third-order valence-electron chi connectivity index (χ3n) is 6.82. The van der Waals surface area contributed by atoms with Crippen molar-refractivity contribution in [1.29, 1.82) is 0 Å². The summed E-state index contributed by atoms with van der Waals surface area (Å²) in [5.41, 5.74) is 1.50. The SMILES string of the molecule is COc1cc(C(C)(C)C)cc(NC(=O)C(=NO)c2ccc(OCCN3CCOCC3)c3ccccc23)c1OC. The Labute approximate surface area is 229 Å². The van der Waals surface area contributed by atoms with E-state index >= 15 is 0 Å². The second kappa shape index (κ2) is 12.4. The van der Waals surface area contributed by atoms with Crippen molar-refractivity contribution < 1.29 is 28.9 Å². The summed E-state index contributed by atoms with van der Waals surface area (Å²) in [5.74, 6) is 0.983. The Morgan fingerprint density at radius 3 is 2.38 bits per heavy atom. The van der Waals surface area contributed by atoms with Crippen LogP contribution in [0.3, 0.4) is 0 Å². The second-order valence-electron chi connectivity index (χ2n) is 10.4. The van der Waals surface area contributed by atoms with Gasteiger partial charge in [0.25, 0.3) is 5.91 Å². The lowest BCUT2D eigenvalue weighted by molar-refractivity contribution is -0.110. The molecule has 0 spiro atoms. The van der Waals surface area contributed by atoms with Gasteiger partial charge >= 0.3 is 0 Å². The Morgan fingerprint density at radius 2 is 1.74 bits per heavy atom. The number of ether oxygens (including phenoxy) is 4. The largest absolute Gasteiger partial charge is 0.493 e. The first-order valence-electron chi connectivity index (χ1n) is 13.0. The van der Waals surface area contributed by atoms with Crippen molar-refractivity contribution >= 4 is 28.1 Å². The minimum atomic E-state index is -0.588. The summed E-state index contributed by atoms with van der Waals surface area (Å²) in [5, 5.41) is 17.8. The van der Waals surface area contributed by atoms with Crippen molar-refractivity contribution in [2.75, 3.05) is 59.0 Å². The number of carbonyl (C=O) groups is 1. The Hall–Kier alpha value is -3.82. The first kappa shape index (κ1) is 28.2. The molecule has 3 aromatic rings. The molecule has 0 radical (unpaired) electrons. The van der Waals surface area contributed by atoms with Gasteiger partial charge in [-0.15, -0.1) is 0 Å². The molecule has 0 aromatic heterocycles. The first-order chi connectivity index (χ1) is 18.8. The molecule has 0 atom stereocenters. The number of rotatable bonds is 9. The monoisotopic (exact) mass is 535 g/mol. The van der Waals surface area contributed by atoms with Crippen LogP contribution in [0.1, 0.15) is 31.9 Å². The molecule has 208 valence electrons. The molecule has 2 N–H and O–H groups in total. The van der Waals surface area contributed by atoms with E-state index in [2.05, 4.69) is 36.1 Å². The summed E-state index contributed by atoms with van der Waals surface area (Å²) < 4.78 is 22.6. The minimum Gasteiger partial charge on any atom is -0.493 e. The van der Waals surface area contributed by atoms with Crippen LogP contribution in [0.25, 0.3) is 10.8 Å². The Balaban J connectivity index is 1.61. The number of nitrogens with zero attached hydrogens (tertiary/aromatic N) is 2. The summed E-state index contributed by atoms with van der Waals surface area (Å²) in [4.78, 5) is 15.8. The standard InChI is InChI=1S/C30H37N3O6/c1-30(2,3)20-18-24(28(37-5)26(19-20)36-4)31-29(34)27(32-35)23-10-11-25(22-9-7-6-8-21(22)23)39-17-14-33-12-15-38-16-13-33/h6-11,18-19,35H,12-17H2,1-5H3,(H,31,34). The number of amides is 1. The molecule has 1 amide bonds. The molecular formula is C30H37N3O6. The fraction of sp³-hybridized carbons (Fsp3) is 0.400. The predicted octanol–water partition coefficient (Wildman–Crippen LogP) is 4.68. The normalized spacial score (nSPS) is 14.7. The highest BCUT2D eigenvalue weighted by Crippen LogP contribution is 2.40. The summed E-state index contributed by atoms with van der Waals surface area (Å²) in [6.07, 6.45) is 0. The zero-order valence-corrected chi connectivity index (χ0v) is 23.2. The van der Waals surface area contributed by atoms with Gasteiger partial charge in [-0.25, -0.2) is 0 Å². The van der Waals surface area contributed by atoms with Crippen LogP contribution in [0.4, 0.5) is 5.69 Å². The molecule has 0 aliphatic carbocycles. The van der Waals surface area contributed by atoms with Gasteiger partial charge in [-0.2, -0.15) is 0 Å². The highest BCUT2D eigenvalue weighted by atomic mass is 16.5. The molecule has 1 aliphatic rings. The number of nitrogens with one attached hydrogen (secondary N) is 1. The first-order valence-corrected chi connectivity index (χ1v) is 13.0. The molecule has 9 nitrogen and oxygen atoms in total. The van der Waals surface area contributed by atoms with Crippen LogP contribution in [0, 0.1) is 0 Å². The van der Waals surface area contributed by atoms with E-state index in [1.807, 2.05) is 36.4 Å². The van der Waals surface area contributed by atoms with E-state index in [0.717, 1.165) is 49.2 Å². The van der Waals surface area contributed by atoms with E-state index in [9.17, 15) is 10.0 Å². The van der Waals surface area contributed by atoms with Crippen LogP contribution < -0.4 is 19.5 Å². The number of fused-ring (bicyclic) bond motifs is 1. The number of carbonyl (C=O) groups excluding carboxylic acids is 1. The average Bonchev–Trinajstić information content (AvgIpc) is 2.94. The molecule has 9 heteroatoms. The van der Waals surface area contributed by atoms with Gasteiger partial charge in [0.15, 0.2) is 17.2 Å². The molecule has 1 heterocycles. The Morgan fingerprint density at radius 1 is 1.03 bits per heavy atom. The van der Waals surface area contributed by atoms with Crippen LogP contribution in [-0.4, -0.2) is 75.4 Å². The number of benzene rings is 3. The highest BCUT2D eigenvalue weighted by Gasteiger charge is 2.24. The van der Waals surface area contributed by atoms with Gasteiger partial charge < -0.3 is 29.5 Å². The number of oxime groups is 1. The molecule has 3 aromatic carbocycles. The third-order valence-corrected chi connectivity index (χ3v) is 6.82. The molecule has 1 aliphatic heterocycles. The molecule has 4 rings (SSSR count). The minimum absolute atomic E-state index is 0.131. The molecule has 1 fully saturated rings. The lowest BCUT2D eigenvalue weighted by atomic mass is 9.86. The molecule has 0 unspecified atom stereocenters. The van der Waals surface area contributed by atoms with Gasteiger partial charge in [0.1, 0.15) is 12.4 Å². The van der Waals surface area contributed by atoms with Gasteiger partial charge in [0.2, 0.25) is 0 Å². The summed E-state index contributed by atoms with van der Waals surface area (Å²) in [6, 6.07) is 14.9. The van der Waals surface area contributed by atoms with E-state index in [1.54, 1.807) is 19.2 Å². The van der Waals surface area contributed by atoms with Crippen molar-refractivity contribution in [3.63, 3.8) is 0 Å². The fourth-order valence-electron chi connectivity index (χ4n) is 4.61. The van der Waals surface area contributed by atoms with Crippen molar-refractivity contribution in [3.05, 3.63) is 59.7 Å². The van der Waals surface area contributed by atoms with Crippen molar-refractivity contribution in [2.45, 2.75) is 26.2 Å². The zero-order valence-electron chi connectivity index (χ0n) is 23.2. The Kier molecular flexibility index (Phi) is 8.93. The highest BCUT2D eigenvalue weighted by molar-refractivity contribution is 6.50. The number of anilines is 1. The van der Waals surface area contributed by atoms with Crippen molar-refractivity contribution in [1.82, 2.24) is 4.90 Å². The quantitative estimate of drug-likeness (QED) is 0.233. The van der Waals surface area contributed by atoms with Crippen LogP contribution in [-0.2, 0) is 14.9 Å². The van der Waals surface area contributed by atoms with Gasteiger partial charge in [0, 0.05) is 30.6 Å². The maximum atomic E-state index is 13.5. The molecule has 0 saturated carbocycles. The molecule has 0 bridgehead atoms. The van der Waals surface area contributed by atoms with Crippen LogP contribution in [0.15, 0.2) is 53.7 Å². The van der Waals surface area contributed by atoms with Crippen LogP contribution in [0.2, 0.25) is 0 Å². The second-order valence-corrected chi connectivity index (χ2v) is 10.4. The number of hydrogen-bond acceptors (Lipinski definition) is 8. The third kappa shape index (κ3) is 6.43. The molecular weight excluding hydrogens is 498 g/mol. The molecule has 1 saturated heterocycles. The lowest BCUT2D eigenvalue weighted by Gasteiger charge is -2.26. The van der Waals surface area contributed by atoms with E-state index < -0.39 is 5.91 Å². The van der Waals surface area contributed by atoms with E-state index in [0.29, 0.717) is 35.1 Å². The Bertz CT molecular complexity index is 1340. The van der Waals surface area contributed by atoms with E-state index in [-0.39, 0.29) is 11.1 Å². The van der Waals surface area contributed by atoms with E-state index in [4.69, 9.17) is 18.9 Å². The van der Waals surface area contributed by atoms with Gasteiger partial charge in [-0.1, -0.05) is 50.2 Å². The predicted molar refractivity (Wildman–Crippen MR) is 152 cm³/mol. The summed E-state index contributed by atoms with van der Waals surface area (Å²) in [6.45, 7) is 10.8. The number of methoxy groups -OCH3 is 2. The van der Waals surface area contributed by atoms with Gasteiger partial charge in [-0.3, -0.25) is 9.69 Å². The zero-order chi connectivity index (χ0) is 28.0. The maximum Gasteiger partial charge on any atom is 0.278 e. The van der Waals surface area contributed by atoms with Crippen molar-refractivity contribution in [3.8, 4) is 17.2 Å². The molecule has 39 heavy (non-hydrogen) atoms. The lowest BCUT2D eigenvalue weighted by Crippen LogP contribution is -2.38. The fourth-order valence-corrected chi connectivity index (χ4v) is 4.61. The summed E-state index contributed by atoms with van der Waals surface area (Å²) >= 11 is 0. The van der Waals surface area contributed by atoms with E-state index in [1.165, 1.54) is 7.11 Å². The van der Waals surface area contributed by atoms with Gasteiger partial charge in [-0.05, 0) is 40.6 Å².